The van der Waals surface area contributed by atoms with Crippen LogP contribution in [-0.2, 0) is 4.57 Å². The van der Waals surface area contributed by atoms with Crippen molar-refractivity contribution in [2.24, 2.45) is 4.88 Å². The second-order valence-electron chi connectivity index (χ2n) is 8.63. The Morgan fingerprint density at radius 2 is 1.00 bits per heavy atom. The highest BCUT2D eigenvalue weighted by Gasteiger charge is 2.29. The molecule has 10 heteroatoms. The standard InChI is InChI=1S/C30H27Cl3N2O4P/c31-18-25(21-10-4-1-5-11-21)37-24-16-17-28(40(36)35-34)30(39-27(20-33)23-14-8-3-9-15-23)29(24)38-26(19-32)22-12-6-2-7-13-22/h1-17,25-27,34H,18-20H2. The van der Waals surface area contributed by atoms with Crippen LogP contribution in [0.25, 0.3) is 0 Å². The summed E-state index contributed by atoms with van der Waals surface area (Å²) in [6, 6.07) is 31.6. The van der Waals surface area contributed by atoms with E-state index in [0.29, 0.717) is 5.75 Å². The van der Waals surface area contributed by atoms with Gasteiger partial charge in [-0.25, -0.2) is 0 Å². The van der Waals surface area contributed by atoms with Gasteiger partial charge in [0.05, 0.1) is 17.6 Å². The van der Waals surface area contributed by atoms with Crippen molar-refractivity contribution < 1.29 is 18.8 Å². The molecule has 1 radical (unpaired) electrons. The van der Waals surface area contributed by atoms with E-state index in [1.165, 1.54) is 0 Å². The van der Waals surface area contributed by atoms with Gasteiger partial charge in [0, 0.05) is 0 Å². The number of alkyl halides is 3. The molecule has 40 heavy (non-hydrogen) atoms. The summed E-state index contributed by atoms with van der Waals surface area (Å²) in [6.07, 6.45) is -1.76. The van der Waals surface area contributed by atoms with Crippen LogP contribution in [0.15, 0.2) is 108 Å². The van der Waals surface area contributed by atoms with Crippen LogP contribution < -0.4 is 19.5 Å². The number of halogens is 3. The zero-order chi connectivity index (χ0) is 28.3. The predicted molar refractivity (Wildman–Crippen MR) is 160 cm³/mol. The SMILES string of the molecule is N=N[P](=O)c1ccc(OC(CCl)c2ccccc2)c(OC(CCl)c2ccccc2)c1OC(CCl)c1ccccc1. The first-order valence-corrected chi connectivity index (χ1v) is 15.3. The lowest BCUT2D eigenvalue weighted by Gasteiger charge is -2.27. The van der Waals surface area contributed by atoms with E-state index in [1.54, 1.807) is 12.1 Å². The van der Waals surface area contributed by atoms with E-state index in [1.807, 2.05) is 91.0 Å². The summed E-state index contributed by atoms with van der Waals surface area (Å²) in [5, 5.41) is 0.168. The Kier molecular flexibility index (Phi) is 11.2. The second-order valence-corrected chi connectivity index (χ2v) is 10.8. The molecule has 0 saturated carbocycles. The van der Waals surface area contributed by atoms with Crippen molar-refractivity contribution >= 4 is 48.1 Å². The summed E-state index contributed by atoms with van der Waals surface area (Å²) in [5.41, 5.74) is 9.96. The minimum absolute atomic E-state index is 0.0920. The number of hydrogen-bond donors (Lipinski definition) is 1. The average molecular weight is 617 g/mol. The minimum atomic E-state index is -2.50. The quantitative estimate of drug-likeness (QED) is 0.0870. The zero-order valence-electron chi connectivity index (χ0n) is 21.3. The highest BCUT2D eigenvalue weighted by molar-refractivity contribution is 7.52. The fourth-order valence-corrected chi connectivity index (χ4v) is 5.43. The van der Waals surface area contributed by atoms with E-state index in [-0.39, 0.29) is 34.4 Å². The van der Waals surface area contributed by atoms with Crippen molar-refractivity contribution in [3.8, 4) is 17.2 Å². The van der Waals surface area contributed by atoms with Crippen LogP contribution in [0.4, 0.5) is 0 Å². The first-order valence-electron chi connectivity index (χ1n) is 12.4. The molecule has 0 spiro atoms. The second kappa shape index (κ2) is 15.0. The molecule has 0 aliphatic rings. The molecule has 0 saturated heterocycles. The number of benzene rings is 4. The van der Waals surface area contributed by atoms with Gasteiger partial charge in [-0.15, -0.1) is 39.7 Å². The largest absolute Gasteiger partial charge is 0.480 e. The molecule has 4 atom stereocenters. The van der Waals surface area contributed by atoms with E-state index in [4.69, 9.17) is 54.5 Å². The molecule has 207 valence electrons. The average Bonchev–Trinajstić information content (AvgIpc) is 3.02. The van der Waals surface area contributed by atoms with Crippen molar-refractivity contribution in [3.05, 3.63) is 120 Å². The lowest BCUT2D eigenvalue weighted by molar-refractivity contribution is 0.166. The zero-order valence-corrected chi connectivity index (χ0v) is 24.5. The molecule has 4 aromatic rings. The van der Waals surface area contributed by atoms with E-state index in [0.717, 1.165) is 16.7 Å². The third-order valence-electron chi connectivity index (χ3n) is 6.08. The van der Waals surface area contributed by atoms with Crippen molar-refractivity contribution in [2.45, 2.75) is 18.3 Å². The van der Waals surface area contributed by atoms with Crippen LogP contribution in [0.3, 0.4) is 0 Å². The molecular weight excluding hydrogens is 590 g/mol. The fraction of sp³-hybridized carbons (Fsp3) is 0.200. The Labute approximate surface area is 249 Å². The Balaban J connectivity index is 1.87. The van der Waals surface area contributed by atoms with Crippen LogP contribution >= 0.6 is 42.8 Å². The Bertz CT molecular complexity index is 1400. The molecule has 0 amide bonds. The molecule has 1 N–H and O–H groups in total. The summed E-state index contributed by atoms with van der Waals surface area (Å²) in [4.78, 5) is 3.28. The molecule has 6 nitrogen and oxygen atoms in total. The minimum Gasteiger partial charge on any atom is -0.480 e. The van der Waals surface area contributed by atoms with Crippen molar-refractivity contribution in [2.75, 3.05) is 17.6 Å². The topological polar surface area (TPSA) is 81.0 Å². The number of nitrogens with zero attached hydrogens (tertiary/aromatic N) is 1. The van der Waals surface area contributed by atoms with E-state index in [2.05, 4.69) is 4.88 Å². The van der Waals surface area contributed by atoms with Gasteiger partial charge >= 0.3 is 0 Å². The first kappa shape index (κ1) is 29.8. The summed E-state index contributed by atoms with van der Waals surface area (Å²) in [6.45, 7) is 0. The lowest BCUT2D eigenvalue weighted by Crippen LogP contribution is -2.18. The third kappa shape index (κ3) is 7.32. The van der Waals surface area contributed by atoms with Gasteiger partial charge in [-0.2, -0.15) is 5.53 Å². The molecule has 0 fully saturated rings. The Hall–Kier alpha value is -3.15. The van der Waals surface area contributed by atoms with Crippen LogP contribution in [0.2, 0.25) is 0 Å². The van der Waals surface area contributed by atoms with E-state index < -0.39 is 26.3 Å². The van der Waals surface area contributed by atoms with Gasteiger partial charge < -0.3 is 14.2 Å². The maximum absolute atomic E-state index is 13.0. The van der Waals surface area contributed by atoms with Gasteiger partial charge in [-0.3, -0.25) is 4.57 Å². The van der Waals surface area contributed by atoms with E-state index in [9.17, 15) is 4.57 Å². The van der Waals surface area contributed by atoms with Gasteiger partial charge in [0.25, 0.3) is 7.95 Å². The lowest BCUT2D eigenvalue weighted by atomic mass is 10.1. The molecule has 0 aliphatic carbocycles. The summed E-state index contributed by atoms with van der Waals surface area (Å²) < 4.78 is 32.3. The maximum Gasteiger partial charge on any atom is 0.250 e. The Morgan fingerprint density at radius 1 is 0.600 bits per heavy atom. The number of rotatable bonds is 14. The van der Waals surface area contributed by atoms with Gasteiger partial charge in [-0.1, -0.05) is 91.0 Å². The van der Waals surface area contributed by atoms with Crippen LogP contribution in [0, 0.1) is 5.53 Å². The molecule has 4 unspecified atom stereocenters. The number of nitrogens with one attached hydrogen (secondary N) is 1. The smallest absolute Gasteiger partial charge is 0.250 e. The molecule has 0 aromatic heterocycles. The predicted octanol–water partition coefficient (Wildman–Crippen LogP) is 9.16. The molecule has 0 aliphatic heterocycles. The van der Waals surface area contributed by atoms with Crippen molar-refractivity contribution in [1.82, 2.24) is 0 Å². The highest BCUT2D eigenvalue weighted by Crippen LogP contribution is 2.46. The maximum atomic E-state index is 13.0. The molecule has 4 aromatic carbocycles. The number of hydrogen-bond acceptors (Lipinski definition) is 5. The van der Waals surface area contributed by atoms with Gasteiger partial charge in [0.15, 0.2) is 11.5 Å². The normalized spacial score (nSPS) is 13.5. The van der Waals surface area contributed by atoms with Crippen LogP contribution in [0.1, 0.15) is 35.0 Å². The molecule has 0 bridgehead atoms. The van der Waals surface area contributed by atoms with Gasteiger partial charge in [0.2, 0.25) is 5.75 Å². The van der Waals surface area contributed by atoms with Gasteiger partial charge in [-0.05, 0) is 28.8 Å². The Morgan fingerprint density at radius 3 is 1.40 bits per heavy atom. The molecular formula is C30H27Cl3N2O4P. The van der Waals surface area contributed by atoms with Crippen molar-refractivity contribution in [1.29, 1.82) is 5.53 Å². The van der Waals surface area contributed by atoms with Crippen LogP contribution in [-0.4, -0.2) is 17.6 Å². The summed E-state index contributed by atoms with van der Waals surface area (Å²) in [7, 11) is -2.50. The summed E-state index contributed by atoms with van der Waals surface area (Å²) in [5.74, 6) is 0.928. The monoisotopic (exact) mass is 615 g/mol. The highest BCUT2D eigenvalue weighted by atomic mass is 35.5. The third-order valence-corrected chi connectivity index (χ3v) is 7.86. The van der Waals surface area contributed by atoms with Gasteiger partial charge in [0.1, 0.15) is 23.6 Å². The first-order chi connectivity index (χ1) is 19.6. The van der Waals surface area contributed by atoms with Crippen LogP contribution in [0.5, 0.6) is 17.2 Å². The molecule has 4 rings (SSSR count). The van der Waals surface area contributed by atoms with E-state index >= 15 is 0 Å². The fourth-order valence-electron chi connectivity index (χ4n) is 4.06. The summed E-state index contributed by atoms with van der Waals surface area (Å²) >= 11 is 19.1. The molecule has 0 heterocycles. The van der Waals surface area contributed by atoms with Crippen molar-refractivity contribution in [3.63, 3.8) is 0 Å². The number of ether oxygens (including phenoxy) is 3.